The van der Waals surface area contributed by atoms with Gasteiger partial charge in [0.15, 0.2) is 0 Å². The van der Waals surface area contributed by atoms with E-state index in [0.717, 1.165) is 36.5 Å². The van der Waals surface area contributed by atoms with Gasteiger partial charge in [-0.2, -0.15) is 4.98 Å². The van der Waals surface area contributed by atoms with E-state index < -0.39 is 0 Å². The molecule has 0 saturated carbocycles. The zero-order valence-corrected chi connectivity index (χ0v) is 16.3. The number of thioether (sulfide) groups is 1. The first-order chi connectivity index (χ1) is 12.5. The van der Waals surface area contributed by atoms with Crippen molar-refractivity contribution < 1.29 is 9.32 Å². The van der Waals surface area contributed by atoms with Crippen LogP contribution in [0.15, 0.2) is 27.9 Å². The van der Waals surface area contributed by atoms with Crippen LogP contribution in [0, 0.1) is 0 Å². The quantitative estimate of drug-likeness (QED) is 0.777. The summed E-state index contributed by atoms with van der Waals surface area (Å²) >= 11 is 1.40. The Labute approximate surface area is 157 Å². The normalized spacial score (nSPS) is 16.2. The molecule has 1 N–H and O–H groups in total. The first kappa shape index (κ1) is 18.8. The van der Waals surface area contributed by atoms with Crippen LogP contribution >= 0.6 is 11.8 Å². The summed E-state index contributed by atoms with van der Waals surface area (Å²) in [6, 6.07) is 4.01. The first-order valence-electron chi connectivity index (χ1n) is 8.92. The summed E-state index contributed by atoms with van der Waals surface area (Å²) in [4.78, 5) is 23.4. The Morgan fingerprint density at radius 2 is 2.19 bits per heavy atom. The molecule has 1 amide bonds. The molecule has 1 aliphatic rings. The lowest BCUT2D eigenvalue weighted by atomic mass is 10.1. The molecule has 8 heteroatoms. The fourth-order valence-electron chi connectivity index (χ4n) is 2.81. The van der Waals surface area contributed by atoms with E-state index >= 15 is 0 Å². The smallest absolute Gasteiger partial charge is 0.230 e. The van der Waals surface area contributed by atoms with E-state index in [1.165, 1.54) is 11.8 Å². The minimum atomic E-state index is 0.0390. The molecule has 3 rings (SSSR count). The molecule has 1 saturated heterocycles. The van der Waals surface area contributed by atoms with Gasteiger partial charge in [-0.15, -0.1) is 0 Å². The minimum Gasteiger partial charge on any atom is -0.353 e. The van der Waals surface area contributed by atoms with Crippen LogP contribution in [0.2, 0.25) is 0 Å². The van der Waals surface area contributed by atoms with Gasteiger partial charge in [-0.3, -0.25) is 4.79 Å². The van der Waals surface area contributed by atoms with Gasteiger partial charge in [-0.05, 0) is 45.1 Å². The van der Waals surface area contributed by atoms with Crippen LogP contribution in [0.4, 0.5) is 0 Å². The number of rotatable bonds is 6. The molecular formula is C18H25N5O2S. The predicted octanol–water partition coefficient (Wildman–Crippen LogP) is 2.56. The predicted molar refractivity (Wildman–Crippen MR) is 101 cm³/mol. The van der Waals surface area contributed by atoms with Crippen molar-refractivity contribution in [2.75, 3.05) is 25.9 Å². The van der Waals surface area contributed by atoms with E-state index in [4.69, 9.17) is 4.52 Å². The summed E-state index contributed by atoms with van der Waals surface area (Å²) in [6.45, 7) is 6.06. The highest BCUT2D eigenvalue weighted by Crippen LogP contribution is 2.28. The summed E-state index contributed by atoms with van der Waals surface area (Å²) in [5.74, 6) is 1.65. The van der Waals surface area contributed by atoms with Gasteiger partial charge in [0.2, 0.25) is 17.6 Å². The average Bonchev–Trinajstić information content (AvgIpc) is 3.12. The summed E-state index contributed by atoms with van der Waals surface area (Å²) < 4.78 is 5.29. The molecule has 0 radical (unpaired) electrons. The Bertz CT molecular complexity index is 741. The Morgan fingerprint density at radius 1 is 1.42 bits per heavy atom. The third-order valence-electron chi connectivity index (χ3n) is 4.37. The SMILES string of the molecule is CC(C)c1nc(-c2cccnc2SCC(=O)NC2CCN(C)CC2)no1. The average molecular weight is 375 g/mol. The van der Waals surface area contributed by atoms with Gasteiger partial charge >= 0.3 is 0 Å². The second-order valence-electron chi connectivity index (χ2n) is 6.90. The number of carbonyl (C=O) groups excluding carboxylic acids is 1. The lowest BCUT2D eigenvalue weighted by Gasteiger charge is -2.29. The maximum atomic E-state index is 12.3. The van der Waals surface area contributed by atoms with Crippen molar-refractivity contribution in [1.82, 2.24) is 25.3 Å². The van der Waals surface area contributed by atoms with Crippen molar-refractivity contribution >= 4 is 17.7 Å². The number of hydrogen-bond acceptors (Lipinski definition) is 7. The maximum absolute atomic E-state index is 12.3. The summed E-state index contributed by atoms with van der Waals surface area (Å²) in [5.41, 5.74) is 0.792. The molecule has 0 unspecified atom stereocenters. The van der Waals surface area contributed by atoms with E-state index in [-0.39, 0.29) is 17.9 Å². The molecule has 2 aromatic heterocycles. The Morgan fingerprint density at radius 3 is 2.88 bits per heavy atom. The number of nitrogens with zero attached hydrogens (tertiary/aromatic N) is 4. The Hall–Kier alpha value is -1.93. The number of likely N-dealkylation sites (tertiary alicyclic amines) is 1. The van der Waals surface area contributed by atoms with E-state index in [2.05, 4.69) is 32.4 Å². The molecule has 7 nitrogen and oxygen atoms in total. The third-order valence-corrected chi connectivity index (χ3v) is 5.38. The van der Waals surface area contributed by atoms with Crippen molar-refractivity contribution in [3.05, 3.63) is 24.2 Å². The van der Waals surface area contributed by atoms with Crippen LogP contribution in [0.3, 0.4) is 0 Å². The van der Waals surface area contributed by atoms with E-state index in [1.54, 1.807) is 6.20 Å². The molecule has 2 aromatic rings. The maximum Gasteiger partial charge on any atom is 0.230 e. The van der Waals surface area contributed by atoms with Gasteiger partial charge in [0, 0.05) is 18.2 Å². The molecule has 140 valence electrons. The number of hydrogen-bond donors (Lipinski definition) is 1. The zero-order valence-electron chi connectivity index (χ0n) is 15.4. The van der Waals surface area contributed by atoms with Gasteiger partial charge in [0.1, 0.15) is 5.03 Å². The van der Waals surface area contributed by atoms with Crippen molar-refractivity contribution in [3.63, 3.8) is 0 Å². The molecule has 0 atom stereocenters. The van der Waals surface area contributed by atoms with E-state index in [0.29, 0.717) is 17.5 Å². The topological polar surface area (TPSA) is 84.2 Å². The zero-order chi connectivity index (χ0) is 18.5. The van der Waals surface area contributed by atoms with E-state index in [9.17, 15) is 4.79 Å². The number of amides is 1. The number of carbonyl (C=O) groups is 1. The Balaban J connectivity index is 1.60. The van der Waals surface area contributed by atoms with Crippen LogP contribution in [0.1, 0.15) is 38.5 Å². The van der Waals surface area contributed by atoms with Crippen molar-refractivity contribution in [3.8, 4) is 11.4 Å². The first-order valence-corrected chi connectivity index (χ1v) is 9.91. The molecule has 0 aliphatic carbocycles. The van der Waals surface area contributed by atoms with Crippen LogP contribution < -0.4 is 5.32 Å². The molecule has 0 aromatic carbocycles. The lowest BCUT2D eigenvalue weighted by Crippen LogP contribution is -2.43. The largest absolute Gasteiger partial charge is 0.353 e. The summed E-state index contributed by atoms with van der Waals surface area (Å²) in [5, 5.41) is 7.91. The van der Waals surface area contributed by atoms with Crippen molar-refractivity contribution in [2.24, 2.45) is 0 Å². The van der Waals surface area contributed by atoms with Crippen LogP contribution in [-0.2, 0) is 4.79 Å². The third kappa shape index (κ3) is 4.82. The van der Waals surface area contributed by atoms with Crippen LogP contribution in [0.5, 0.6) is 0 Å². The number of aromatic nitrogens is 3. The summed E-state index contributed by atoms with van der Waals surface area (Å²) in [6.07, 6.45) is 3.72. The monoisotopic (exact) mass is 375 g/mol. The fraction of sp³-hybridized carbons (Fsp3) is 0.556. The molecule has 26 heavy (non-hydrogen) atoms. The fourth-order valence-corrected chi connectivity index (χ4v) is 3.61. The highest BCUT2D eigenvalue weighted by atomic mass is 32.2. The van der Waals surface area contributed by atoms with Crippen molar-refractivity contribution in [1.29, 1.82) is 0 Å². The van der Waals surface area contributed by atoms with Gasteiger partial charge in [-0.25, -0.2) is 4.98 Å². The minimum absolute atomic E-state index is 0.0390. The lowest BCUT2D eigenvalue weighted by molar-refractivity contribution is -0.119. The number of nitrogens with one attached hydrogen (secondary N) is 1. The van der Waals surface area contributed by atoms with Gasteiger partial charge in [-0.1, -0.05) is 30.8 Å². The molecule has 0 bridgehead atoms. The highest BCUT2D eigenvalue weighted by Gasteiger charge is 2.20. The standard InChI is InChI=1S/C18H25N5O2S/c1-12(2)17-21-16(22-25-17)14-5-4-8-19-18(14)26-11-15(24)20-13-6-9-23(3)10-7-13/h4-5,8,12-13H,6-7,9-11H2,1-3H3,(H,20,24). The second kappa shape index (κ2) is 8.64. The van der Waals surface area contributed by atoms with Gasteiger partial charge in [0.25, 0.3) is 0 Å². The van der Waals surface area contributed by atoms with E-state index in [1.807, 2.05) is 26.0 Å². The second-order valence-corrected chi connectivity index (χ2v) is 7.86. The van der Waals surface area contributed by atoms with Crippen LogP contribution in [0.25, 0.3) is 11.4 Å². The Kier molecular flexibility index (Phi) is 6.26. The number of pyridine rings is 1. The molecule has 1 fully saturated rings. The summed E-state index contributed by atoms with van der Waals surface area (Å²) in [7, 11) is 2.11. The molecule has 1 aliphatic heterocycles. The van der Waals surface area contributed by atoms with Gasteiger partial charge in [0.05, 0.1) is 11.3 Å². The molecule has 0 spiro atoms. The number of piperidine rings is 1. The molecular weight excluding hydrogens is 350 g/mol. The molecule has 3 heterocycles. The van der Waals surface area contributed by atoms with Crippen molar-refractivity contribution in [2.45, 2.75) is 43.7 Å². The van der Waals surface area contributed by atoms with Crippen LogP contribution in [-0.4, -0.2) is 57.9 Å². The van der Waals surface area contributed by atoms with Gasteiger partial charge < -0.3 is 14.7 Å². The highest BCUT2D eigenvalue weighted by molar-refractivity contribution is 8.00.